The smallest absolute Gasteiger partial charge is 0.240 e. The molecule has 4 rings (SSSR count). The summed E-state index contributed by atoms with van der Waals surface area (Å²) in [6.07, 6.45) is -14.7. The van der Waals surface area contributed by atoms with Gasteiger partial charge in [-0.05, 0) is 55.7 Å². The van der Waals surface area contributed by atoms with Crippen LogP contribution in [0.3, 0.4) is 0 Å². The first kappa shape index (κ1) is 10.2. The Balaban J connectivity index is 2.06. The zero-order valence-corrected chi connectivity index (χ0v) is 15.4. The van der Waals surface area contributed by atoms with Gasteiger partial charge in [-0.2, -0.15) is 17.5 Å². The van der Waals surface area contributed by atoms with Gasteiger partial charge in [0.15, 0.2) is 5.82 Å². The van der Waals surface area contributed by atoms with Crippen LogP contribution in [0.25, 0.3) is 0 Å². The highest BCUT2D eigenvalue weighted by molar-refractivity contribution is 7.89. The molecule has 1 aromatic carbocycles. The van der Waals surface area contributed by atoms with E-state index in [2.05, 4.69) is 9.98 Å². The number of hydrogen-bond acceptors (Lipinski definition) is 4. The van der Waals surface area contributed by atoms with Gasteiger partial charge in [-0.1, -0.05) is 17.7 Å². The Kier molecular flexibility index (Phi) is 2.53. The van der Waals surface area contributed by atoms with Gasteiger partial charge in [-0.15, -0.1) is 0 Å². The van der Waals surface area contributed by atoms with Gasteiger partial charge in [0.2, 0.25) is 10.0 Å². The Morgan fingerprint density at radius 2 is 2.07 bits per heavy atom. The van der Waals surface area contributed by atoms with E-state index in [9.17, 15) is 21.6 Å². The Labute approximate surface area is 184 Å². The summed E-state index contributed by atoms with van der Waals surface area (Å²) in [5, 5.41) is 0. The lowest BCUT2D eigenvalue weighted by molar-refractivity contribution is -0.137. The third-order valence-electron chi connectivity index (χ3n) is 3.86. The molecule has 5 nitrogen and oxygen atoms in total. The second-order valence-corrected chi connectivity index (χ2v) is 7.82. The number of nitrogens with zero attached hydrogens (tertiary/aromatic N) is 3. The van der Waals surface area contributed by atoms with Crippen molar-refractivity contribution < 1.29 is 38.0 Å². The number of aromatic nitrogens is 1. The number of alkyl halides is 3. The molecule has 0 spiro atoms. The molecule has 0 bridgehead atoms. The third kappa shape index (κ3) is 4.20. The van der Waals surface area contributed by atoms with Crippen molar-refractivity contribution in [2.24, 2.45) is 16.8 Å². The zero-order valence-electron chi connectivity index (χ0n) is 26.6. The van der Waals surface area contributed by atoms with Crippen molar-refractivity contribution in [3.63, 3.8) is 0 Å². The molecule has 29 heavy (non-hydrogen) atoms. The summed E-state index contributed by atoms with van der Waals surface area (Å²) in [6.45, 7) is -2.13. The molecule has 1 saturated carbocycles. The van der Waals surface area contributed by atoms with E-state index >= 15 is 0 Å². The maximum atomic E-state index is 13.8. The number of aryl methyl sites for hydroxylation is 1. The fraction of sp³-hybridized carbons (Fsp3) is 0.400. The maximum Gasteiger partial charge on any atom is 0.417 e. The fourth-order valence-electron chi connectivity index (χ4n) is 2.29. The van der Waals surface area contributed by atoms with Gasteiger partial charge in [0, 0.05) is 28.5 Å². The lowest BCUT2D eigenvalue weighted by Gasteiger charge is -2.32. The van der Waals surface area contributed by atoms with Crippen LogP contribution in [0.5, 0.6) is 0 Å². The quantitative estimate of drug-likeness (QED) is 0.676. The molecule has 2 fully saturated rings. The van der Waals surface area contributed by atoms with Gasteiger partial charge in [0.1, 0.15) is 0 Å². The van der Waals surface area contributed by atoms with Crippen molar-refractivity contribution in [1.29, 1.82) is 0 Å². The molecule has 2 aliphatic rings. The van der Waals surface area contributed by atoms with Crippen LogP contribution in [0.1, 0.15) is 40.3 Å². The highest BCUT2D eigenvalue weighted by Gasteiger charge is 2.48. The first-order valence-electron chi connectivity index (χ1n) is 14.1. The maximum absolute atomic E-state index is 13.8. The number of halogens is 3. The van der Waals surface area contributed by atoms with E-state index in [1.54, 1.807) is 6.92 Å². The highest BCUT2D eigenvalue weighted by Crippen LogP contribution is 2.48. The van der Waals surface area contributed by atoms with Gasteiger partial charge >= 0.3 is 6.18 Å². The number of benzene rings is 1. The van der Waals surface area contributed by atoms with Gasteiger partial charge in [-0.25, -0.2) is 18.4 Å². The SMILES string of the molecule is [2H]/C(=N\c1nc([2H])c(C(F)(F)F)c([2H])c1[2H])[C@@]1([2H])N(S(=O)(=O)c2ccc(C)cc2)C([2H])([2H])[C@]2([2H])C([2H])[C@]2([2H])C1([2H])[2H]. The van der Waals surface area contributed by atoms with Gasteiger partial charge in [0.25, 0.3) is 0 Å². The van der Waals surface area contributed by atoms with Gasteiger partial charge in [0.05, 0.1) is 23.3 Å². The minimum absolute atomic E-state index is 0.491. The van der Waals surface area contributed by atoms with Crippen LogP contribution in [0, 0.1) is 18.7 Å². The Bertz CT molecular complexity index is 1590. The lowest BCUT2D eigenvalue weighted by atomic mass is 10.1. The summed E-state index contributed by atoms with van der Waals surface area (Å²) in [7, 11) is -5.40. The lowest BCUT2D eigenvalue weighted by Crippen LogP contribution is -2.45. The predicted molar refractivity (Wildman–Crippen MR) is 102 cm³/mol. The molecule has 1 saturated heterocycles. The van der Waals surface area contributed by atoms with Crippen LogP contribution in [0.2, 0.25) is 0 Å². The van der Waals surface area contributed by atoms with E-state index in [1.165, 1.54) is 12.1 Å². The minimum Gasteiger partial charge on any atom is -0.240 e. The Morgan fingerprint density at radius 3 is 2.76 bits per heavy atom. The van der Waals surface area contributed by atoms with Crippen molar-refractivity contribution in [2.45, 2.75) is 36.8 Å². The van der Waals surface area contributed by atoms with Crippen LogP contribution < -0.4 is 0 Å². The number of aliphatic imine (C=N–C) groups is 1. The molecule has 0 radical (unpaired) electrons. The molecule has 9 heteroatoms. The molecule has 2 heterocycles. The number of rotatable bonds is 4. The van der Waals surface area contributed by atoms with Crippen LogP contribution in [-0.2, 0) is 16.2 Å². The number of fused-ring (bicyclic) bond motifs is 1. The first-order chi connectivity index (χ1) is 18.4. The number of sulfonamides is 1. The van der Waals surface area contributed by atoms with Crippen molar-refractivity contribution in [2.75, 3.05) is 6.50 Å². The summed E-state index contributed by atoms with van der Waals surface area (Å²) in [5.41, 5.74) is -1.38. The summed E-state index contributed by atoms with van der Waals surface area (Å²) in [6, 6.07) is -2.44. The summed E-state index contributed by atoms with van der Waals surface area (Å²) < 4.78 is 167. The van der Waals surface area contributed by atoms with E-state index in [1.807, 2.05) is 0 Å². The molecule has 4 atom stereocenters. The molecule has 0 amide bonds. The van der Waals surface area contributed by atoms with E-state index in [4.69, 9.17) is 16.4 Å². The molecular weight excluding hydrogens is 403 g/mol. The highest BCUT2D eigenvalue weighted by atomic mass is 32.2. The molecular formula is C20H20F3N3O2S. The molecule has 2 aromatic rings. The topological polar surface area (TPSA) is 62.6 Å². The van der Waals surface area contributed by atoms with Crippen LogP contribution in [0.4, 0.5) is 19.0 Å². The molecule has 1 aliphatic carbocycles. The monoisotopic (exact) mass is 435 g/mol. The van der Waals surface area contributed by atoms with Crippen molar-refractivity contribution >= 4 is 22.0 Å². The molecule has 1 unspecified atom stereocenters. The van der Waals surface area contributed by atoms with Crippen molar-refractivity contribution in [3.05, 3.63) is 53.7 Å². The molecule has 1 aromatic heterocycles. The van der Waals surface area contributed by atoms with Crippen LogP contribution in [0.15, 0.2) is 52.4 Å². The van der Waals surface area contributed by atoms with E-state index in [0.29, 0.717) is 5.56 Å². The molecule has 154 valence electrons. The van der Waals surface area contributed by atoms with Gasteiger partial charge < -0.3 is 0 Å². The summed E-state index contributed by atoms with van der Waals surface area (Å²) in [4.78, 5) is 5.74. The number of piperidine rings is 1. The normalized spacial score (nSPS) is 45.1. The van der Waals surface area contributed by atoms with Crippen LogP contribution >= 0.6 is 0 Å². The van der Waals surface area contributed by atoms with E-state index in [0.717, 1.165) is 12.1 Å². The van der Waals surface area contributed by atoms with E-state index in [-0.39, 0.29) is 0 Å². The molecule has 1 aliphatic heterocycles. The van der Waals surface area contributed by atoms with Crippen molar-refractivity contribution in [1.82, 2.24) is 9.29 Å². The van der Waals surface area contributed by atoms with Crippen molar-refractivity contribution in [3.8, 4) is 0 Å². The van der Waals surface area contributed by atoms with Gasteiger partial charge in [-0.3, -0.25) is 0 Å². The number of pyridine rings is 1. The summed E-state index contributed by atoms with van der Waals surface area (Å²) in [5.74, 6) is -7.54. The second-order valence-electron chi connectivity index (χ2n) is 6.03. The second kappa shape index (κ2) is 7.21. The zero-order chi connectivity index (χ0) is 31.5. The minimum atomic E-state index is -5.40. The largest absolute Gasteiger partial charge is 0.417 e. The fourth-order valence-corrected chi connectivity index (χ4v) is 3.53. The average molecular weight is 436 g/mol. The third-order valence-corrected chi connectivity index (χ3v) is 5.48. The first-order valence-corrected chi connectivity index (χ1v) is 9.47. The molecule has 0 N–H and O–H groups in total. The average Bonchev–Trinajstić information content (AvgIpc) is 3.30. The van der Waals surface area contributed by atoms with E-state index < -0.39 is 98.3 Å². The van der Waals surface area contributed by atoms with Crippen LogP contribution in [-0.4, -0.2) is 36.4 Å². The Morgan fingerprint density at radius 1 is 1.34 bits per heavy atom. The number of hydrogen-bond donors (Lipinski definition) is 0. The predicted octanol–water partition coefficient (Wildman–Crippen LogP) is 4.21. The summed E-state index contributed by atoms with van der Waals surface area (Å²) >= 11 is 0. The standard InChI is InChI=1S/C20H20F3N3O2S/c1-13-2-5-18(6-3-13)29(27,28)26-12-15-8-14(15)9-17(26)11-25-19-7-4-16(10-24-19)20(21,22)23/h2-7,10-11,14-15,17H,8-9,12H2,1H3/b25-11+/t14-,15+,17+/m1/s1/i4D,7D,8D,9D2,10D,11D,12D2,14D,15D,17D/t8?,14-,15+,17+. The Hall–Kier alpha value is -2.26.